The molecule has 1 saturated heterocycles. The summed E-state index contributed by atoms with van der Waals surface area (Å²) in [6.07, 6.45) is 0.882. The van der Waals surface area contributed by atoms with Crippen LogP contribution in [0.1, 0.15) is 21.8 Å². The van der Waals surface area contributed by atoms with Gasteiger partial charge in [-0.05, 0) is 37.0 Å². The molecule has 1 aliphatic rings. The number of carbonyl (C=O) groups is 1. The fraction of sp³-hybridized carbons (Fsp3) is 0.444. The van der Waals surface area contributed by atoms with Gasteiger partial charge in [-0.1, -0.05) is 28.0 Å². The molecule has 4 rings (SSSR count). The molecule has 0 spiro atoms. The van der Waals surface area contributed by atoms with Gasteiger partial charge in [-0.15, -0.1) is 5.10 Å². The largest absolute Gasteiger partial charge is 0.379 e. The van der Waals surface area contributed by atoms with Gasteiger partial charge in [0.1, 0.15) is 4.88 Å². The molecule has 1 fully saturated rings. The highest BCUT2D eigenvalue weighted by atomic mass is 32.1. The third-order valence-corrected chi connectivity index (χ3v) is 6.44. The van der Waals surface area contributed by atoms with Crippen molar-refractivity contribution in [2.75, 3.05) is 44.3 Å². The molecule has 2 aromatic heterocycles. The molecule has 0 aliphatic carbocycles. The molecule has 1 aliphatic heterocycles. The fourth-order valence-electron chi connectivity index (χ4n) is 3.09. The lowest BCUT2D eigenvalue weighted by atomic mass is 10.3. The number of hydrogen-bond donors (Lipinski definition) is 0. The smallest absolute Gasteiger partial charge is 0.273 e. The number of fused-ring (bicyclic) bond motifs is 1. The van der Waals surface area contributed by atoms with E-state index in [0.29, 0.717) is 17.1 Å². The SMILES string of the molecule is Cc1nnsc1C(=O)N(CCCN1CCOCC1)c1nc2ccccc2s1. The van der Waals surface area contributed by atoms with Crippen molar-refractivity contribution in [3.8, 4) is 0 Å². The van der Waals surface area contributed by atoms with Gasteiger partial charge in [0.05, 0.1) is 29.1 Å². The van der Waals surface area contributed by atoms with Crippen molar-refractivity contribution < 1.29 is 9.53 Å². The average molecular weight is 404 g/mol. The van der Waals surface area contributed by atoms with E-state index in [4.69, 9.17) is 9.72 Å². The van der Waals surface area contributed by atoms with Gasteiger partial charge >= 0.3 is 0 Å². The van der Waals surface area contributed by atoms with Crippen molar-refractivity contribution in [3.63, 3.8) is 0 Å². The van der Waals surface area contributed by atoms with Gasteiger partial charge in [0, 0.05) is 26.2 Å². The van der Waals surface area contributed by atoms with Crippen molar-refractivity contribution >= 4 is 44.1 Å². The summed E-state index contributed by atoms with van der Waals surface area (Å²) in [5, 5.41) is 4.72. The number of anilines is 1. The quantitative estimate of drug-likeness (QED) is 0.630. The van der Waals surface area contributed by atoms with E-state index in [1.165, 1.54) is 0 Å². The maximum absolute atomic E-state index is 13.2. The number of ether oxygens (including phenoxy) is 1. The second-order valence-electron chi connectivity index (χ2n) is 6.42. The van der Waals surface area contributed by atoms with Gasteiger partial charge in [-0.2, -0.15) is 0 Å². The van der Waals surface area contributed by atoms with Crippen LogP contribution in [0.3, 0.4) is 0 Å². The van der Waals surface area contributed by atoms with Crippen LogP contribution in [-0.2, 0) is 4.74 Å². The predicted octanol–water partition coefficient (Wildman–Crippen LogP) is 2.83. The Kier molecular flexibility index (Phi) is 5.72. The molecular formula is C18H21N5O2S2. The highest BCUT2D eigenvalue weighted by Crippen LogP contribution is 2.30. The van der Waals surface area contributed by atoms with E-state index in [1.807, 2.05) is 31.2 Å². The van der Waals surface area contributed by atoms with Crippen molar-refractivity contribution in [3.05, 3.63) is 34.8 Å². The maximum Gasteiger partial charge on any atom is 0.273 e. The zero-order valence-electron chi connectivity index (χ0n) is 15.1. The summed E-state index contributed by atoms with van der Waals surface area (Å²) in [6, 6.07) is 7.97. The van der Waals surface area contributed by atoms with E-state index >= 15 is 0 Å². The molecule has 3 aromatic rings. The van der Waals surface area contributed by atoms with Gasteiger partial charge in [-0.3, -0.25) is 14.6 Å². The van der Waals surface area contributed by atoms with Crippen LogP contribution < -0.4 is 4.90 Å². The molecule has 0 radical (unpaired) electrons. The Morgan fingerprint density at radius 3 is 2.85 bits per heavy atom. The molecule has 1 amide bonds. The number of rotatable bonds is 6. The first kappa shape index (κ1) is 18.4. The monoisotopic (exact) mass is 403 g/mol. The van der Waals surface area contributed by atoms with Crippen molar-refractivity contribution in [2.45, 2.75) is 13.3 Å². The summed E-state index contributed by atoms with van der Waals surface area (Å²) in [7, 11) is 0. The van der Waals surface area contributed by atoms with E-state index in [9.17, 15) is 4.79 Å². The Bertz CT molecular complexity index is 886. The Morgan fingerprint density at radius 1 is 1.30 bits per heavy atom. The average Bonchev–Trinajstić information content (AvgIpc) is 3.31. The minimum atomic E-state index is -0.0662. The Hall–Kier alpha value is -1.94. The van der Waals surface area contributed by atoms with Crippen molar-refractivity contribution in [1.29, 1.82) is 0 Å². The van der Waals surface area contributed by atoms with E-state index < -0.39 is 0 Å². The zero-order valence-corrected chi connectivity index (χ0v) is 16.8. The van der Waals surface area contributed by atoms with Crippen LogP contribution in [0, 0.1) is 6.92 Å². The summed E-state index contributed by atoms with van der Waals surface area (Å²) < 4.78 is 10.4. The molecular weight excluding hydrogens is 382 g/mol. The molecule has 1 aromatic carbocycles. The number of amides is 1. The summed E-state index contributed by atoms with van der Waals surface area (Å²) in [6.45, 7) is 6.85. The Morgan fingerprint density at radius 2 is 2.11 bits per heavy atom. The zero-order chi connectivity index (χ0) is 18.6. The van der Waals surface area contributed by atoms with Crippen molar-refractivity contribution in [1.82, 2.24) is 19.5 Å². The minimum absolute atomic E-state index is 0.0662. The summed E-state index contributed by atoms with van der Waals surface area (Å²) in [4.78, 5) is 22.6. The minimum Gasteiger partial charge on any atom is -0.379 e. The number of benzene rings is 1. The summed E-state index contributed by atoms with van der Waals surface area (Å²) in [5.74, 6) is -0.0662. The van der Waals surface area contributed by atoms with Crippen LogP contribution in [0.25, 0.3) is 10.2 Å². The van der Waals surface area contributed by atoms with E-state index in [2.05, 4.69) is 14.5 Å². The summed E-state index contributed by atoms with van der Waals surface area (Å²) in [5.41, 5.74) is 1.59. The third kappa shape index (κ3) is 4.16. The second-order valence-corrected chi connectivity index (χ2v) is 8.18. The number of aromatic nitrogens is 3. The van der Waals surface area contributed by atoms with Crippen LogP contribution in [0.4, 0.5) is 5.13 Å². The fourth-order valence-corrected chi connectivity index (χ4v) is 4.68. The molecule has 0 atom stereocenters. The van der Waals surface area contributed by atoms with Gasteiger partial charge in [0.25, 0.3) is 5.91 Å². The predicted molar refractivity (Wildman–Crippen MR) is 108 cm³/mol. The van der Waals surface area contributed by atoms with Crippen LogP contribution >= 0.6 is 22.9 Å². The van der Waals surface area contributed by atoms with Gasteiger partial charge < -0.3 is 4.74 Å². The first-order valence-electron chi connectivity index (χ1n) is 8.99. The molecule has 9 heteroatoms. The molecule has 0 unspecified atom stereocenters. The van der Waals surface area contributed by atoms with Crippen LogP contribution in [0.5, 0.6) is 0 Å². The van der Waals surface area contributed by atoms with Gasteiger partial charge in [-0.25, -0.2) is 4.98 Å². The summed E-state index contributed by atoms with van der Waals surface area (Å²) >= 11 is 2.69. The van der Waals surface area contributed by atoms with Crippen LogP contribution in [0.15, 0.2) is 24.3 Å². The Balaban J connectivity index is 1.54. The van der Waals surface area contributed by atoms with E-state index in [1.54, 1.807) is 16.2 Å². The van der Waals surface area contributed by atoms with E-state index in [-0.39, 0.29) is 5.91 Å². The lowest BCUT2D eigenvalue weighted by molar-refractivity contribution is 0.0376. The van der Waals surface area contributed by atoms with Gasteiger partial charge in [0.15, 0.2) is 5.13 Å². The first-order valence-corrected chi connectivity index (χ1v) is 10.6. The maximum atomic E-state index is 13.2. The highest BCUT2D eigenvalue weighted by molar-refractivity contribution is 7.22. The number of carbonyl (C=O) groups excluding carboxylic acids is 1. The van der Waals surface area contributed by atoms with Crippen LogP contribution in [0.2, 0.25) is 0 Å². The molecule has 142 valence electrons. The third-order valence-electron chi connectivity index (χ3n) is 4.56. The number of para-hydroxylation sites is 1. The Labute approximate surface area is 165 Å². The van der Waals surface area contributed by atoms with E-state index in [0.717, 1.165) is 66.1 Å². The molecule has 7 nitrogen and oxygen atoms in total. The van der Waals surface area contributed by atoms with Gasteiger partial charge in [0.2, 0.25) is 0 Å². The molecule has 3 heterocycles. The lowest BCUT2D eigenvalue weighted by Crippen LogP contribution is -2.39. The first-order chi connectivity index (χ1) is 13.2. The number of nitrogens with zero attached hydrogens (tertiary/aromatic N) is 5. The lowest BCUT2D eigenvalue weighted by Gasteiger charge is -2.27. The topological polar surface area (TPSA) is 71.5 Å². The standard InChI is InChI=1S/C18H21N5O2S2/c1-13-16(27-21-20-13)17(24)23(8-4-7-22-9-11-25-12-10-22)18-19-14-5-2-3-6-15(14)26-18/h2-3,5-6H,4,7-12H2,1H3. The molecule has 0 bridgehead atoms. The number of thiazole rings is 1. The molecule has 0 N–H and O–H groups in total. The number of hydrogen-bond acceptors (Lipinski definition) is 8. The molecule has 0 saturated carbocycles. The second kappa shape index (κ2) is 8.39. The van der Waals surface area contributed by atoms with Crippen molar-refractivity contribution in [2.24, 2.45) is 0 Å². The number of morpholine rings is 1. The number of aryl methyl sites for hydroxylation is 1. The molecule has 27 heavy (non-hydrogen) atoms. The highest BCUT2D eigenvalue weighted by Gasteiger charge is 2.25. The van der Waals surface area contributed by atoms with Crippen LogP contribution in [-0.4, -0.2) is 64.8 Å². The normalized spacial score (nSPS) is 15.3.